The SMILES string of the molecule is O=C1CCCNC(=O)N1c1ccccc1C(F)(F)F. The summed E-state index contributed by atoms with van der Waals surface area (Å²) in [6, 6.07) is 3.72. The van der Waals surface area contributed by atoms with E-state index in [9.17, 15) is 22.8 Å². The Balaban J connectivity index is 2.50. The summed E-state index contributed by atoms with van der Waals surface area (Å²) in [7, 11) is 0. The number of hydrogen-bond acceptors (Lipinski definition) is 2. The number of amides is 3. The summed E-state index contributed by atoms with van der Waals surface area (Å²) in [4.78, 5) is 24.1. The van der Waals surface area contributed by atoms with Crippen LogP contribution in [-0.2, 0) is 11.0 Å². The maximum absolute atomic E-state index is 12.9. The number of carbonyl (C=O) groups excluding carboxylic acids is 2. The van der Waals surface area contributed by atoms with Crippen molar-refractivity contribution < 1.29 is 22.8 Å². The van der Waals surface area contributed by atoms with Gasteiger partial charge in [0.2, 0.25) is 5.91 Å². The van der Waals surface area contributed by atoms with Gasteiger partial charge in [-0.3, -0.25) is 4.79 Å². The molecule has 1 aromatic carbocycles. The van der Waals surface area contributed by atoms with Crippen LogP contribution in [0.25, 0.3) is 0 Å². The highest BCUT2D eigenvalue weighted by molar-refractivity contribution is 6.15. The molecule has 0 saturated carbocycles. The van der Waals surface area contributed by atoms with Crippen LogP contribution in [0.3, 0.4) is 0 Å². The molecule has 2 rings (SSSR count). The number of carbonyl (C=O) groups is 2. The Morgan fingerprint density at radius 3 is 2.53 bits per heavy atom. The van der Waals surface area contributed by atoms with Crippen molar-refractivity contribution in [3.05, 3.63) is 29.8 Å². The Morgan fingerprint density at radius 1 is 1.16 bits per heavy atom. The molecule has 0 aromatic heterocycles. The smallest absolute Gasteiger partial charge is 0.337 e. The minimum atomic E-state index is -4.62. The van der Waals surface area contributed by atoms with Gasteiger partial charge in [-0.15, -0.1) is 0 Å². The van der Waals surface area contributed by atoms with Crippen molar-refractivity contribution in [3.63, 3.8) is 0 Å². The molecule has 0 radical (unpaired) electrons. The number of imide groups is 1. The molecule has 0 spiro atoms. The normalized spacial score (nSPS) is 17.1. The monoisotopic (exact) mass is 272 g/mol. The molecule has 1 heterocycles. The van der Waals surface area contributed by atoms with Gasteiger partial charge in [0.05, 0.1) is 11.3 Å². The molecule has 7 heteroatoms. The molecule has 3 amide bonds. The van der Waals surface area contributed by atoms with Gasteiger partial charge in [0.25, 0.3) is 0 Å². The van der Waals surface area contributed by atoms with Gasteiger partial charge in [-0.1, -0.05) is 12.1 Å². The van der Waals surface area contributed by atoms with E-state index in [0.717, 1.165) is 12.1 Å². The first-order valence-electron chi connectivity index (χ1n) is 5.68. The van der Waals surface area contributed by atoms with E-state index in [4.69, 9.17) is 0 Å². The summed E-state index contributed by atoms with van der Waals surface area (Å²) in [5.41, 5.74) is -1.43. The highest BCUT2D eigenvalue weighted by atomic mass is 19.4. The summed E-state index contributed by atoms with van der Waals surface area (Å²) in [6.07, 6.45) is -4.18. The van der Waals surface area contributed by atoms with Crippen LogP contribution < -0.4 is 10.2 Å². The largest absolute Gasteiger partial charge is 0.418 e. The van der Waals surface area contributed by atoms with Crippen molar-refractivity contribution >= 4 is 17.6 Å². The fourth-order valence-electron chi connectivity index (χ4n) is 1.89. The lowest BCUT2D eigenvalue weighted by molar-refractivity contribution is -0.137. The van der Waals surface area contributed by atoms with Crippen molar-refractivity contribution in [2.45, 2.75) is 19.0 Å². The van der Waals surface area contributed by atoms with Gasteiger partial charge in [-0.05, 0) is 18.6 Å². The Kier molecular flexibility index (Phi) is 3.46. The van der Waals surface area contributed by atoms with Gasteiger partial charge >= 0.3 is 12.2 Å². The van der Waals surface area contributed by atoms with E-state index in [1.165, 1.54) is 12.1 Å². The number of nitrogens with one attached hydrogen (secondary N) is 1. The van der Waals surface area contributed by atoms with E-state index < -0.39 is 29.4 Å². The molecule has 0 aliphatic carbocycles. The number of halogens is 3. The average Bonchev–Trinajstić information content (AvgIpc) is 2.50. The minimum absolute atomic E-state index is 0.0327. The Hall–Kier alpha value is -2.05. The van der Waals surface area contributed by atoms with Crippen LogP contribution in [0.1, 0.15) is 18.4 Å². The lowest BCUT2D eigenvalue weighted by Gasteiger charge is -2.22. The minimum Gasteiger partial charge on any atom is -0.337 e. The predicted molar refractivity (Wildman–Crippen MR) is 61.6 cm³/mol. The fraction of sp³-hybridized carbons (Fsp3) is 0.333. The van der Waals surface area contributed by atoms with Crippen molar-refractivity contribution in [2.75, 3.05) is 11.4 Å². The molecule has 1 fully saturated rings. The third-order valence-electron chi connectivity index (χ3n) is 2.75. The van der Waals surface area contributed by atoms with Crippen LogP contribution in [0, 0.1) is 0 Å². The summed E-state index contributed by atoms with van der Waals surface area (Å²) in [6.45, 7) is 0.273. The standard InChI is InChI=1S/C12H11F3N2O2/c13-12(14,15)8-4-1-2-5-9(8)17-10(18)6-3-7-16-11(17)19/h1-2,4-5H,3,6-7H2,(H,16,19). The summed E-state index contributed by atoms with van der Waals surface area (Å²) >= 11 is 0. The Morgan fingerprint density at radius 2 is 1.84 bits per heavy atom. The van der Waals surface area contributed by atoms with Gasteiger partial charge in [0, 0.05) is 13.0 Å². The molecule has 1 aromatic rings. The summed E-state index contributed by atoms with van der Waals surface area (Å²) in [5, 5.41) is 2.40. The summed E-state index contributed by atoms with van der Waals surface area (Å²) in [5.74, 6) is -0.633. The second-order valence-corrected chi connectivity index (χ2v) is 4.08. The lowest BCUT2D eigenvalue weighted by Crippen LogP contribution is -2.42. The van der Waals surface area contributed by atoms with E-state index in [1.54, 1.807) is 0 Å². The van der Waals surface area contributed by atoms with Crippen LogP contribution in [0.4, 0.5) is 23.7 Å². The number of nitrogens with zero attached hydrogens (tertiary/aromatic N) is 1. The first-order valence-corrected chi connectivity index (χ1v) is 5.68. The first-order chi connectivity index (χ1) is 8.91. The van der Waals surface area contributed by atoms with Crippen LogP contribution in [-0.4, -0.2) is 18.5 Å². The van der Waals surface area contributed by atoms with Gasteiger partial charge in [0.1, 0.15) is 0 Å². The molecule has 0 atom stereocenters. The zero-order valence-corrected chi connectivity index (χ0v) is 9.83. The van der Waals surface area contributed by atoms with Crippen molar-refractivity contribution in [2.24, 2.45) is 0 Å². The molecule has 19 heavy (non-hydrogen) atoms. The van der Waals surface area contributed by atoms with Crippen LogP contribution in [0.5, 0.6) is 0 Å². The van der Waals surface area contributed by atoms with Crippen molar-refractivity contribution in [1.82, 2.24) is 5.32 Å². The Labute approximate surface area is 107 Å². The molecule has 1 aliphatic rings. The van der Waals surface area contributed by atoms with Crippen LogP contribution in [0.2, 0.25) is 0 Å². The zero-order valence-electron chi connectivity index (χ0n) is 9.83. The number of hydrogen-bond donors (Lipinski definition) is 1. The molecular formula is C12H11F3N2O2. The highest BCUT2D eigenvalue weighted by Gasteiger charge is 2.37. The molecular weight excluding hydrogens is 261 g/mol. The van der Waals surface area contributed by atoms with E-state index in [0.29, 0.717) is 11.3 Å². The Bertz CT molecular complexity index is 496. The quantitative estimate of drug-likeness (QED) is 0.854. The molecule has 4 nitrogen and oxygen atoms in total. The maximum atomic E-state index is 12.9. The first kappa shape index (κ1) is 13.4. The van der Waals surface area contributed by atoms with Crippen molar-refractivity contribution in [3.8, 4) is 0 Å². The number of urea groups is 1. The maximum Gasteiger partial charge on any atom is 0.418 e. The van der Waals surface area contributed by atoms with Gasteiger partial charge in [-0.2, -0.15) is 13.2 Å². The van der Waals surface area contributed by atoms with E-state index >= 15 is 0 Å². The molecule has 1 N–H and O–H groups in total. The molecule has 0 bridgehead atoms. The van der Waals surface area contributed by atoms with Crippen molar-refractivity contribution in [1.29, 1.82) is 0 Å². The fourth-order valence-corrected chi connectivity index (χ4v) is 1.89. The van der Waals surface area contributed by atoms with Gasteiger partial charge in [0.15, 0.2) is 0 Å². The molecule has 1 aliphatic heterocycles. The van der Waals surface area contributed by atoms with E-state index in [2.05, 4.69) is 5.32 Å². The summed E-state index contributed by atoms with van der Waals surface area (Å²) < 4.78 is 38.7. The number of anilines is 1. The number of alkyl halides is 3. The average molecular weight is 272 g/mol. The van der Waals surface area contributed by atoms with Crippen LogP contribution >= 0.6 is 0 Å². The van der Waals surface area contributed by atoms with E-state index in [-0.39, 0.29) is 13.0 Å². The third kappa shape index (κ3) is 2.69. The zero-order chi connectivity index (χ0) is 14.0. The predicted octanol–water partition coefficient (Wildman–Crippen LogP) is 2.54. The molecule has 1 saturated heterocycles. The topological polar surface area (TPSA) is 49.4 Å². The lowest BCUT2D eigenvalue weighted by atomic mass is 10.1. The van der Waals surface area contributed by atoms with Crippen LogP contribution in [0.15, 0.2) is 24.3 Å². The van der Waals surface area contributed by atoms with Gasteiger partial charge in [-0.25, -0.2) is 9.69 Å². The number of rotatable bonds is 1. The van der Waals surface area contributed by atoms with Gasteiger partial charge < -0.3 is 5.32 Å². The highest BCUT2D eigenvalue weighted by Crippen LogP contribution is 2.36. The third-order valence-corrected chi connectivity index (χ3v) is 2.75. The number of benzene rings is 1. The molecule has 102 valence electrons. The number of para-hydroxylation sites is 1. The second kappa shape index (κ2) is 4.91. The molecule has 0 unspecified atom stereocenters. The second-order valence-electron chi connectivity index (χ2n) is 4.08. The van der Waals surface area contributed by atoms with E-state index in [1.807, 2.05) is 0 Å².